The van der Waals surface area contributed by atoms with Crippen molar-refractivity contribution in [1.29, 1.82) is 0 Å². The predicted molar refractivity (Wildman–Crippen MR) is 96.9 cm³/mol. The van der Waals surface area contributed by atoms with Crippen LogP contribution in [0, 0.1) is 13.8 Å². The number of amides is 1. The molecule has 1 fully saturated rings. The van der Waals surface area contributed by atoms with E-state index in [2.05, 4.69) is 21.0 Å². The van der Waals surface area contributed by atoms with Gasteiger partial charge in [0.25, 0.3) is 11.7 Å². The minimum absolute atomic E-state index is 0.0878. The van der Waals surface area contributed by atoms with Crippen LogP contribution >= 0.6 is 15.9 Å². The van der Waals surface area contributed by atoms with Crippen molar-refractivity contribution in [2.45, 2.75) is 19.9 Å². The molecule has 1 N–H and O–H groups in total. The highest BCUT2D eigenvalue weighted by Gasteiger charge is 2.44. The number of hydrogen-bond donors (Lipinski definition) is 1. The number of ketones is 1. The van der Waals surface area contributed by atoms with Crippen molar-refractivity contribution in [1.82, 2.24) is 14.7 Å². The maximum Gasteiger partial charge on any atom is 0.295 e. The predicted octanol–water partition coefficient (Wildman–Crippen LogP) is 2.85. The van der Waals surface area contributed by atoms with E-state index in [4.69, 9.17) is 0 Å². The topological polar surface area (TPSA) is 75.4 Å². The van der Waals surface area contributed by atoms with Crippen molar-refractivity contribution in [3.63, 3.8) is 0 Å². The van der Waals surface area contributed by atoms with E-state index in [1.54, 1.807) is 25.7 Å². The van der Waals surface area contributed by atoms with E-state index in [9.17, 15) is 14.7 Å². The van der Waals surface area contributed by atoms with Gasteiger partial charge in [0.15, 0.2) is 0 Å². The summed E-state index contributed by atoms with van der Waals surface area (Å²) in [6, 6.07) is 6.71. The second kappa shape index (κ2) is 6.15. The Labute approximate surface area is 153 Å². The molecule has 7 heteroatoms. The normalized spacial score (nSPS) is 19.7. The van der Waals surface area contributed by atoms with Crippen LogP contribution in [0.3, 0.4) is 0 Å². The molecule has 1 saturated heterocycles. The molecule has 2 heterocycles. The zero-order valence-corrected chi connectivity index (χ0v) is 16.0. The smallest absolute Gasteiger partial charge is 0.295 e. The zero-order chi connectivity index (χ0) is 18.5. The van der Waals surface area contributed by atoms with Crippen LogP contribution in [0.1, 0.15) is 28.6 Å². The first-order valence-electron chi connectivity index (χ1n) is 7.74. The average molecular weight is 404 g/mol. The highest BCUT2D eigenvalue weighted by atomic mass is 79.9. The molecule has 0 saturated carbocycles. The summed E-state index contributed by atoms with van der Waals surface area (Å²) in [7, 11) is 3.33. The zero-order valence-electron chi connectivity index (χ0n) is 14.4. The molecular formula is C18H18BrN3O3. The van der Waals surface area contributed by atoms with Crippen molar-refractivity contribution in [3.8, 4) is 0 Å². The van der Waals surface area contributed by atoms with Gasteiger partial charge in [-0.1, -0.05) is 28.1 Å². The highest BCUT2D eigenvalue weighted by Crippen LogP contribution is 2.39. The first kappa shape index (κ1) is 17.4. The second-order valence-electron chi connectivity index (χ2n) is 6.13. The fourth-order valence-corrected chi connectivity index (χ4v) is 3.68. The Kier molecular flexibility index (Phi) is 4.28. The number of likely N-dealkylation sites (N-methyl/N-ethyl adjacent to an activating group) is 1. The van der Waals surface area contributed by atoms with E-state index in [-0.39, 0.29) is 11.3 Å². The molecule has 1 unspecified atom stereocenters. The molecule has 1 aliphatic rings. The summed E-state index contributed by atoms with van der Waals surface area (Å²) in [5, 5.41) is 15.2. The van der Waals surface area contributed by atoms with Gasteiger partial charge in [0.05, 0.1) is 22.9 Å². The van der Waals surface area contributed by atoms with E-state index < -0.39 is 17.7 Å². The van der Waals surface area contributed by atoms with Gasteiger partial charge in [0, 0.05) is 24.3 Å². The third-order valence-electron chi connectivity index (χ3n) is 4.59. The number of aromatic nitrogens is 2. The van der Waals surface area contributed by atoms with E-state index in [1.807, 2.05) is 31.2 Å². The van der Waals surface area contributed by atoms with Crippen molar-refractivity contribution in [2.75, 3.05) is 7.05 Å². The van der Waals surface area contributed by atoms with Crippen LogP contribution < -0.4 is 0 Å². The minimum atomic E-state index is -0.687. The summed E-state index contributed by atoms with van der Waals surface area (Å²) in [5.41, 5.74) is 2.66. The van der Waals surface area contributed by atoms with E-state index >= 15 is 0 Å². The molecule has 25 heavy (non-hydrogen) atoms. The largest absolute Gasteiger partial charge is 0.507 e. The molecular weight excluding hydrogens is 386 g/mol. The van der Waals surface area contributed by atoms with Crippen LogP contribution in [0.15, 0.2) is 34.3 Å². The number of hydrogen-bond acceptors (Lipinski definition) is 4. The molecule has 0 aliphatic carbocycles. The molecule has 1 aromatic heterocycles. The Morgan fingerprint density at radius 1 is 1.24 bits per heavy atom. The quantitative estimate of drug-likeness (QED) is 0.475. The summed E-state index contributed by atoms with van der Waals surface area (Å²) >= 11 is 3.41. The molecule has 0 bridgehead atoms. The summed E-state index contributed by atoms with van der Waals surface area (Å²) in [5.74, 6) is -1.51. The molecule has 0 radical (unpaired) electrons. The molecule has 0 spiro atoms. The number of halogens is 1. The third kappa shape index (κ3) is 2.68. The first-order valence-corrected chi connectivity index (χ1v) is 8.54. The number of carbonyl (C=O) groups is 2. The van der Waals surface area contributed by atoms with Crippen LogP contribution in [0.5, 0.6) is 0 Å². The lowest BCUT2D eigenvalue weighted by Crippen LogP contribution is -2.24. The van der Waals surface area contributed by atoms with Crippen LogP contribution in [0.4, 0.5) is 0 Å². The number of aliphatic hydroxyl groups excluding tert-OH is 1. The van der Waals surface area contributed by atoms with Gasteiger partial charge in [0.1, 0.15) is 5.76 Å². The molecule has 3 rings (SSSR count). The van der Waals surface area contributed by atoms with E-state index in [0.29, 0.717) is 11.3 Å². The number of likely N-dealkylation sites (tertiary alicyclic amines) is 1. The van der Waals surface area contributed by atoms with Crippen LogP contribution in [-0.2, 0) is 16.6 Å². The summed E-state index contributed by atoms with van der Waals surface area (Å²) in [6.45, 7) is 3.57. The standard InChI is InChI=1S/C18H18BrN3O3/c1-9-13(10(2)22(4)20-9)16(23)14-15(21(3)18(25)17(14)24)11-6-5-7-12(19)8-11/h5-8,15,23H,1-4H3/b16-14+. The lowest BCUT2D eigenvalue weighted by atomic mass is 9.95. The lowest BCUT2D eigenvalue weighted by molar-refractivity contribution is -0.139. The first-order chi connectivity index (χ1) is 11.7. The van der Waals surface area contributed by atoms with Gasteiger partial charge in [-0.25, -0.2) is 0 Å². The minimum Gasteiger partial charge on any atom is -0.507 e. The van der Waals surface area contributed by atoms with Gasteiger partial charge in [-0.3, -0.25) is 14.3 Å². The van der Waals surface area contributed by atoms with E-state index in [1.165, 1.54) is 4.90 Å². The number of Topliss-reactive ketones (excluding diaryl/α,β-unsaturated/α-hetero) is 1. The summed E-state index contributed by atoms with van der Waals surface area (Å²) in [6.07, 6.45) is 0. The van der Waals surface area contributed by atoms with Crippen LogP contribution in [0.2, 0.25) is 0 Å². The van der Waals surface area contributed by atoms with Gasteiger partial charge in [-0.05, 0) is 31.5 Å². The van der Waals surface area contributed by atoms with Crippen molar-refractivity contribution in [3.05, 3.63) is 56.8 Å². The molecule has 130 valence electrons. The molecule has 6 nitrogen and oxygen atoms in total. The summed E-state index contributed by atoms with van der Waals surface area (Å²) in [4.78, 5) is 26.2. The molecule has 1 atom stereocenters. The number of benzene rings is 1. The highest BCUT2D eigenvalue weighted by molar-refractivity contribution is 9.10. The molecule has 2 aromatic rings. The lowest BCUT2D eigenvalue weighted by Gasteiger charge is -2.21. The molecule has 1 aromatic carbocycles. The Bertz CT molecular complexity index is 930. The molecule has 1 aliphatic heterocycles. The second-order valence-corrected chi connectivity index (χ2v) is 7.05. The van der Waals surface area contributed by atoms with Gasteiger partial charge in [0.2, 0.25) is 0 Å². The third-order valence-corrected chi connectivity index (χ3v) is 5.08. The number of nitrogens with zero attached hydrogens (tertiary/aromatic N) is 3. The number of rotatable bonds is 2. The summed E-state index contributed by atoms with van der Waals surface area (Å²) < 4.78 is 2.47. The SMILES string of the molecule is Cc1nn(C)c(C)c1/C(O)=C1\C(=O)C(=O)N(C)C1c1cccc(Br)c1. The monoisotopic (exact) mass is 403 g/mol. The van der Waals surface area contributed by atoms with Crippen LogP contribution in [-0.4, -0.2) is 38.5 Å². The number of aliphatic hydroxyl groups is 1. The van der Waals surface area contributed by atoms with Gasteiger partial charge < -0.3 is 10.0 Å². The number of aryl methyl sites for hydroxylation is 2. The van der Waals surface area contributed by atoms with E-state index in [0.717, 1.165) is 15.7 Å². The van der Waals surface area contributed by atoms with Crippen molar-refractivity contribution >= 4 is 33.4 Å². The fraction of sp³-hybridized carbons (Fsp3) is 0.278. The maximum atomic E-state index is 12.6. The van der Waals surface area contributed by atoms with Crippen molar-refractivity contribution in [2.24, 2.45) is 7.05 Å². The maximum absolute atomic E-state index is 12.6. The average Bonchev–Trinajstić information content (AvgIpc) is 2.94. The Morgan fingerprint density at radius 3 is 2.48 bits per heavy atom. The van der Waals surface area contributed by atoms with Gasteiger partial charge in [-0.2, -0.15) is 5.10 Å². The fourth-order valence-electron chi connectivity index (χ4n) is 3.27. The van der Waals surface area contributed by atoms with Gasteiger partial charge in [-0.15, -0.1) is 0 Å². The Hall–Kier alpha value is -2.41. The Morgan fingerprint density at radius 2 is 1.92 bits per heavy atom. The number of carbonyl (C=O) groups excluding carboxylic acids is 2. The van der Waals surface area contributed by atoms with Crippen molar-refractivity contribution < 1.29 is 14.7 Å². The Balaban J connectivity index is 2.26. The molecule has 1 amide bonds. The van der Waals surface area contributed by atoms with Gasteiger partial charge >= 0.3 is 0 Å². The van der Waals surface area contributed by atoms with Crippen LogP contribution in [0.25, 0.3) is 5.76 Å².